The van der Waals surface area contributed by atoms with E-state index in [1.54, 1.807) is 0 Å². The van der Waals surface area contributed by atoms with Crippen molar-refractivity contribution >= 4 is 41.8 Å². The van der Waals surface area contributed by atoms with Crippen molar-refractivity contribution in [3.05, 3.63) is 0 Å². The fourth-order valence-corrected chi connectivity index (χ4v) is 0. The Bertz CT molecular complexity index is 24.0. The van der Waals surface area contributed by atoms with E-state index in [9.17, 15) is 0 Å². The van der Waals surface area contributed by atoms with Crippen LogP contribution in [0, 0.1) is 0 Å². The first-order valence-corrected chi connectivity index (χ1v) is 0. The van der Waals surface area contributed by atoms with Gasteiger partial charge < -0.3 is 0 Å². The van der Waals surface area contributed by atoms with Gasteiger partial charge in [-0.15, -0.1) is 0 Å². The maximum atomic E-state index is 0. The van der Waals surface area contributed by atoms with Crippen LogP contribution in [0.3, 0.4) is 0 Å². The Morgan fingerprint density at radius 1 is 1.00 bits per heavy atom. The number of hydrogen-bond acceptors (Lipinski definition) is 0. The molecule has 0 aliphatic carbocycles. The summed E-state index contributed by atoms with van der Waals surface area (Å²) in [5, 5.41) is 0. The van der Waals surface area contributed by atoms with E-state index in [1.165, 1.54) is 0 Å². The normalized spacial score (nSPS) is 0. The van der Waals surface area contributed by atoms with Gasteiger partial charge in [-0.2, -0.15) is 13.5 Å². The Morgan fingerprint density at radius 3 is 1.00 bits per heavy atom. The molecule has 0 atom stereocenters. The van der Waals surface area contributed by atoms with E-state index in [1.807, 2.05) is 0 Å². The van der Waals surface area contributed by atoms with Crippen LogP contribution in [-0.4, -0.2) is 28.3 Å². The summed E-state index contributed by atoms with van der Waals surface area (Å²) in [6.45, 7) is 0. The van der Waals surface area contributed by atoms with Crippen molar-refractivity contribution in [1.29, 1.82) is 0 Å². The van der Waals surface area contributed by atoms with Gasteiger partial charge in [-0.05, 0) is 0 Å². The summed E-state index contributed by atoms with van der Waals surface area (Å²) in [5.41, 5.74) is 0. The molecule has 0 saturated heterocycles. The third-order valence-corrected chi connectivity index (χ3v) is 0. The molecule has 7 heteroatoms. The van der Waals surface area contributed by atoms with Gasteiger partial charge in [-0.1, -0.05) is 7.43 Å². The van der Waals surface area contributed by atoms with Crippen molar-refractivity contribution in [3.8, 4) is 0 Å². The SMILES string of the molecule is C.S.[Al].[Cu].[Fe].[Mn].[Si].[Ti]. The van der Waals surface area contributed by atoms with Crippen LogP contribution in [0.5, 0.6) is 0 Å². The van der Waals surface area contributed by atoms with Gasteiger partial charge in [0.05, 0.1) is 0 Å². The van der Waals surface area contributed by atoms with Crippen molar-refractivity contribution in [1.82, 2.24) is 0 Å². The van der Waals surface area contributed by atoms with Crippen LogP contribution in [0.15, 0.2) is 0 Å². The van der Waals surface area contributed by atoms with E-state index in [0.29, 0.717) is 0 Å². The smallest absolute Gasteiger partial charge is 0 e. The van der Waals surface area contributed by atoms with Gasteiger partial charge in [-0.25, -0.2) is 0 Å². The van der Waals surface area contributed by atoms with E-state index >= 15 is 0 Å². The molecule has 9 radical (unpaired) electrons. The molecular formula is CH6AlCuFeMnSSiTi. The second kappa shape index (κ2) is 80.1. The molecule has 0 aliphatic rings. The summed E-state index contributed by atoms with van der Waals surface area (Å²) < 4.78 is 0. The van der Waals surface area contributed by atoms with Crippen LogP contribution in [0.25, 0.3) is 0 Å². The van der Waals surface area contributed by atoms with E-state index in [0.717, 1.165) is 0 Å². The van der Waals surface area contributed by atoms with Crippen LogP contribution < -0.4 is 0 Å². The summed E-state index contributed by atoms with van der Waals surface area (Å²) in [5.74, 6) is 0. The fraction of sp³-hybridized carbons (Fsp3) is 1.00. The first-order valence-electron chi connectivity index (χ1n) is 0. The zero-order valence-electron chi connectivity index (χ0n) is 3.11. The predicted molar refractivity (Wildman–Crippen MR) is 28.6 cm³/mol. The number of hydrogen-bond donors (Lipinski definition) is 0. The molecule has 0 rings (SSSR count). The summed E-state index contributed by atoms with van der Waals surface area (Å²) in [4.78, 5) is 0. The average Bonchev–Trinajstić information content (AvgIpc) is 0. The molecule has 0 nitrogen and oxygen atoms in total. The Hall–Kier alpha value is 3.37. The molecule has 0 aromatic rings. The van der Waals surface area contributed by atoms with Crippen molar-refractivity contribution < 1.29 is 72.9 Å². The molecule has 0 amide bonds. The van der Waals surface area contributed by atoms with Crippen LogP contribution >= 0.6 is 13.5 Å². The molecule has 0 spiro atoms. The molecule has 0 aliphatic heterocycles. The number of rotatable bonds is 0. The minimum Gasteiger partial charge on any atom is -0.197 e. The van der Waals surface area contributed by atoms with Crippen LogP contribution in [0.1, 0.15) is 7.43 Å². The monoisotopic (exact) mass is 327 g/mol. The Labute approximate surface area is 120 Å². The Kier molecular flexibility index (Phi) is 1080. The molecule has 0 N–H and O–H groups in total. The molecule has 8 heavy (non-hydrogen) atoms. The molecule has 53 valence electrons. The molecule has 0 fully saturated rings. The second-order valence-electron chi connectivity index (χ2n) is 0. The van der Waals surface area contributed by atoms with Gasteiger partial charge in [-0.3, -0.25) is 0 Å². The van der Waals surface area contributed by atoms with Gasteiger partial charge in [0.2, 0.25) is 0 Å². The summed E-state index contributed by atoms with van der Waals surface area (Å²) >= 11 is 0. The minimum atomic E-state index is 0. The molecule has 0 bridgehead atoms. The van der Waals surface area contributed by atoms with Gasteiger partial charge in [0, 0.05) is 101 Å². The zero-order chi connectivity index (χ0) is 0. The van der Waals surface area contributed by atoms with Crippen molar-refractivity contribution in [3.63, 3.8) is 0 Å². The molecule has 0 saturated carbocycles. The van der Waals surface area contributed by atoms with Crippen LogP contribution in [0.2, 0.25) is 0 Å². The van der Waals surface area contributed by atoms with E-state index < -0.39 is 0 Å². The standard InChI is InChI=1S/CH4.Al.Cu.Fe.Mn.H2S.Si.Ti/h1H4;;;;;1H2;;. The van der Waals surface area contributed by atoms with Gasteiger partial charge in [0.15, 0.2) is 0 Å². The van der Waals surface area contributed by atoms with Gasteiger partial charge >= 0.3 is 0 Å². The second-order valence-corrected chi connectivity index (χ2v) is 0. The Balaban J connectivity index is 0. The first-order chi connectivity index (χ1) is 0. The third-order valence-electron chi connectivity index (χ3n) is 0. The predicted octanol–water partition coefficient (Wildman–Crippen LogP) is -0.0227. The fourth-order valence-electron chi connectivity index (χ4n) is 0. The average molecular weight is 327 g/mol. The zero-order valence-corrected chi connectivity index (χ0v) is 11.1. The summed E-state index contributed by atoms with van der Waals surface area (Å²) in [7, 11) is 0. The maximum absolute atomic E-state index is 0. The molecule has 0 unspecified atom stereocenters. The molecule has 0 aromatic carbocycles. The summed E-state index contributed by atoms with van der Waals surface area (Å²) in [6.07, 6.45) is 0. The maximum Gasteiger partial charge on any atom is 0 e. The quantitative estimate of drug-likeness (QED) is 0.549. The van der Waals surface area contributed by atoms with Gasteiger partial charge in [0.25, 0.3) is 0 Å². The molecule has 0 aromatic heterocycles. The first kappa shape index (κ1) is 108. The Morgan fingerprint density at radius 2 is 1.00 bits per heavy atom. The molecular weight excluding hydrogens is 321 g/mol. The van der Waals surface area contributed by atoms with Crippen molar-refractivity contribution in [2.75, 3.05) is 0 Å². The largest absolute Gasteiger partial charge is 0.197 e. The van der Waals surface area contributed by atoms with Crippen molar-refractivity contribution in [2.45, 2.75) is 7.43 Å². The van der Waals surface area contributed by atoms with Crippen molar-refractivity contribution in [2.24, 2.45) is 0 Å². The van der Waals surface area contributed by atoms with E-state index in [4.69, 9.17) is 0 Å². The van der Waals surface area contributed by atoms with E-state index in [-0.39, 0.29) is 122 Å². The third kappa shape index (κ3) is 57.8. The van der Waals surface area contributed by atoms with Crippen LogP contribution in [0.4, 0.5) is 0 Å². The minimum absolute atomic E-state index is 0. The summed E-state index contributed by atoms with van der Waals surface area (Å²) in [6, 6.07) is 0. The van der Waals surface area contributed by atoms with Crippen LogP contribution in [-0.2, 0) is 72.9 Å². The topological polar surface area (TPSA) is 0 Å². The molecule has 0 heterocycles. The van der Waals surface area contributed by atoms with E-state index in [2.05, 4.69) is 0 Å². The van der Waals surface area contributed by atoms with Gasteiger partial charge in [0.1, 0.15) is 0 Å².